The molecule has 7 rings (SSSR count). The first kappa shape index (κ1) is 31.3. The van der Waals surface area contributed by atoms with E-state index in [0.29, 0.717) is 11.8 Å². The van der Waals surface area contributed by atoms with E-state index in [-0.39, 0.29) is 0 Å². The molecule has 0 N–H and O–H groups in total. The van der Waals surface area contributed by atoms with E-state index in [1.165, 1.54) is 37.6 Å². The SMILES string of the molecule is CC(C)c1cccc(C(C)C)c1-n1ccnc1-c1cccc([Si](c2ccccc2)(c2ccccc2)c2cccc(-c3ccccn3)c2)c1. The van der Waals surface area contributed by atoms with Crippen molar-refractivity contribution in [3.8, 4) is 28.3 Å². The first-order valence-electron chi connectivity index (χ1n) is 16.9. The molecule has 0 fully saturated rings. The third-order valence-corrected chi connectivity index (χ3v) is 14.2. The van der Waals surface area contributed by atoms with Crippen LogP contribution in [-0.4, -0.2) is 22.6 Å². The summed E-state index contributed by atoms with van der Waals surface area (Å²) >= 11 is 0. The van der Waals surface area contributed by atoms with E-state index >= 15 is 0 Å². The number of rotatable bonds is 9. The fraction of sp³-hybridized carbons (Fsp3) is 0.136. The molecule has 0 spiro atoms. The maximum absolute atomic E-state index is 5.03. The summed E-state index contributed by atoms with van der Waals surface area (Å²) in [6, 6.07) is 53.3. The highest BCUT2D eigenvalue weighted by Crippen LogP contribution is 2.34. The minimum Gasteiger partial charge on any atom is -0.299 e. The van der Waals surface area contributed by atoms with Crippen LogP contribution >= 0.6 is 0 Å². The van der Waals surface area contributed by atoms with Crippen LogP contribution in [0.3, 0.4) is 0 Å². The van der Waals surface area contributed by atoms with Gasteiger partial charge in [-0.3, -0.25) is 9.55 Å². The highest BCUT2D eigenvalue weighted by Gasteiger charge is 2.41. The molecular formula is C44H41N3Si. The summed E-state index contributed by atoms with van der Waals surface area (Å²) in [5.74, 6) is 1.71. The van der Waals surface area contributed by atoms with Crippen molar-refractivity contribution >= 4 is 28.8 Å². The molecule has 4 heteroatoms. The summed E-state index contributed by atoms with van der Waals surface area (Å²) in [5, 5.41) is 5.30. The van der Waals surface area contributed by atoms with Crippen molar-refractivity contribution in [3.05, 3.63) is 175 Å². The third kappa shape index (κ3) is 5.63. The Morgan fingerprint density at radius 1 is 0.479 bits per heavy atom. The summed E-state index contributed by atoms with van der Waals surface area (Å²) in [6.45, 7) is 9.11. The Hall–Kier alpha value is -5.32. The fourth-order valence-electron chi connectivity index (χ4n) is 7.20. The van der Waals surface area contributed by atoms with Crippen LogP contribution in [0.15, 0.2) is 164 Å². The summed E-state index contributed by atoms with van der Waals surface area (Å²) in [5.41, 5.74) is 7.12. The van der Waals surface area contributed by atoms with E-state index in [9.17, 15) is 0 Å². The summed E-state index contributed by atoms with van der Waals surface area (Å²) in [7, 11) is -2.83. The van der Waals surface area contributed by atoms with Crippen molar-refractivity contribution in [1.29, 1.82) is 0 Å². The van der Waals surface area contributed by atoms with E-state index in [1.54, 1.807) is 0 Å². The van der Waals surface area contributed by atoms with Crippen LogP contribution in [0.25, 0.3) is 28.3 Å². The molecule has 0 amide bonds. The van der Waals surface area contributed by atoms with E-state index in [4.69, 9.17) is 9.97 Å². The molecule has 2 heterocycles. The number of pyridine rings is 1. The van der Waals surface area contributed by atoms with Gasteiger partial charge in [0.2, 0.25) is 0 Å². The Morgan fingerprint density at radius 2 is 1.00 bits per heavy atom. The molecule has 0 saturated heterocycles. The third-order valence-electron chi connectivity index (χ3n) is 9.45. The molecule has 0 aliphatic rings. The van der Waals surface area contributed by atoms with Gasteiger partial charge in [0.05, 0.1) is 11.4 Å². The van der Waals surface area contributed by atoms with Gasteiger partial charge < -0.3 is 0 Å². The van der Waals surface area contributed by atoms with Gasteiger partial charge in [0.1, 0.15) is 5.82 Å². The summed E-state index contributed by atoms with van der Waals surface area (Å²) in [6.07, 6.45) is 5.94. The largest absolute Gasteiger partial charge is 0.299 e. The van der Waals surface area contributed by atoms with Crippen molar-refractivity contribution in [2.45, 2.75) is 39.5 Å². The van der Waals surface area contributed by atoms with Gasteiger partial charge in [0, 0.05) is 29.7 Å². The minimum atomic E-state index is -2.83. The molecule has 0 saturated carbocycles. The molecule has 0 radical (unpaired) electrons. The molecule has 0 aliphatic heterocycles. The van der Waals surface area contributed by atoms with Crippen LogP contribution in [0.2, 0.25) is 0 Å². The van der Waals surface area contributed by atoms with E-state index in [1.807, 2.05) is 18.5 Å². The number of aromatic nitrogens is 3. The number of para-hydroxylation sites is 1. The molecule has 0 atom stereocenters. The predicted octanol–water partition coefficient (Wildman–Crippen LogP) is 8.23. The van der Waals surface area contributed by atoms with Gasteiger partial charge in [-0.15, -0.1) is 0 Å². The number of hydrogen-bond acceptors (Lipinski definition) is 2. The second kappa shape index (κ2) is 13.4. The molecular weight excluding hydrogens is 599 g/mol. The van der Waals surface area contributed by atoms with Gasteiger partial charge >= 0.3 is 0 Å². The van der Waals surface area contributed by atoms with Gasteiger partial charge in [0.15, 0.2) is 8.07 Å². The van der Waals surface area contributed by atoms with Crippen molar-refractivity contribution in [2.75, 3.05) is 0 Å². The van der Waals surface area contributed by atoms with Gasteiger partial charge in [-0.05, 0) is 55.8 Å². The summed E-state index contributed by atoms with van der Waals surface area (Å²) in [4.78, 5) is 9.75. The molecule has 2 aromatic heterocycles. The normalized spacial score (nSPS) is 11.7. The first-order valence-corrected chi connectivity index (χ1v) is 18.9. The zero-order chi connectivity index (χ0) is 33.1. The number of imidazole rings is 1. The number of benzene rings is 5. The lowest BCUT2D eigenvalue weighted by molar-refractivity contribution is 0.807. The highest BCUT2D eigenvalue weighted by atomic mass is 28.3. The summed E-state index contributed by atoms with van der Waals surface area (Å²) < 4.78 is 2.32. The maximum Gasteiger partial charge on any atom is 0.179 e. The van der Waals surface area contributed by atoms with Crippen molar-refractivity contribution < 1.29 is 0 Å². The monoisotopic (exact) mass is 639 g/mol. The van der Waals surface area contributed by atoms with Crippen LogP contribution in [-0.2, 0) is 0 Å². The maximum atomic E-state index is 5.03. The van der Waals surface area contributed by atoms with Crippen LogP contribution in [0.4, 0.5) is 0 Å². The van der Waals surface area contributed by atoms with Gasteiger partial charge in [-0.1, -0.05) is 161 Å². The molecule has 0 aliphatic carbocycles. The molecule has 236 valence electrons. The second-order valence-corrected chi connectivity index (χ2v) is 16.9. The molecule has 0 bridgehead atoms. The average Bonchev–Trinajstić information content (AvgIpc) is 3.63. The lowest BCUT2D eigenvalue weighted by atomic mass is 9.92. The Labute approximate surface area is 285 Å². The van der Waals surface area contributed by atoms with E-state index in [0.717, 1.165) is 22.6 Å². The topological polar surface area (TPSA) is 30.7 Å². The quantitative estimate of drug-likeness (QED) is 0.118. The molecule has 7 aromatic rings. The lowest BCUT2D eigenvalue weighted by Crippen LogP contribution is -2.74. The van der Waals surface area contributed by atoms with E-state index in [2.05, 4.69) is 178 Å². The Balaban J connectivity index is 1.50. The van der Waals surface area contributed by atoms with Crippen LogP contribution in [0.1, 0.15) is 50.7 Å². The lowest BCUT2D eigenvalue weighted by Gasteiger charge is -2.35. The molecule has 3 nitrogen and oxygen atoms in total. The smallest absolute Gasteiger partial charge is 0.179 e. The zero-order valence-corrected chi connectivity index (χ0v) is 29.1. The van der Waals surface area contributed by atoms with E-state index < -0.39 is 8.07 Å². The van der Waals surface area contributed by atoms with Crippen molar-refractivity contribution in [2.24, 2.45) is 0 Å². The van der Waals surface area contributed by atoms with Crippen LogP contribution in [0, 0.1) is 0 Å². The zero-order valence-electron chi connectivity index (χ0n) is 28.1. The van der Waals surface area contributed by atoms with Crippen molar-refractivity contribution in [1.82, 2.24) is 14.5 Å². The first-order chi connectivity index (χ1) is 23.5. The highest BCUT2D eigenvalue weighted by molar-refractivity contribution is 7.20. The van der Waals surface area contributed by atoms with Crippen LogP contribution < -0.4 is 20.7 Å². The van der Waals surface area contributed by atoms with Gasteiger partial charge in [-0.2, -0.15) is 0 Å². The fourth-order valence-corrected chi connectivity index (χ4v) is 12.0. The molecule has 0 unspecified atom stereocenters. The predicted molar refractivity (Wildman–Crippen MR) is 204 cm³/mol. The number of hydrogen-bond donors (Lipinski definition) is 0. The van der Waals surface area contributed by atoms with Crippen molar-refractivity contribution in [3.63, 3.8) is 0 Å². The standard InChI is InChI=1S/C44H41N3Si/c1-32(2)40-24-15-25-41(33(3)4)43(40)47-29-28-46-44(47)35-17-14-23-39(31-35)48(36-18-7-5-8-19-36,37-20-9-6-10-21-37)38-22-13-16-34(30-38)42-26-11-12-27-45-42/h5-33H,1-4H3. The Morgan fingerprint density at radius 3 is 1.56 bits per heavy atom. The Bertz CT molecular complexity index is 2070. The van der Waals surface area contributed by atoms with Crippen LogP contribution in [0.5, 0.6) is 0 Å². The second-order valence-electron chi connectivity index (χ2n) is 13.1. The average molecular weight is 640 g/mol. The van der Waals surface area contributed by atoms with Gasteiger partial charge in [-0.25, -0.2) is 4.98 Å². The number of nitrogens with zero attached hydrogens (tertiary/aromatic N) is 3. The van der Waals surface area contributed by atoms with Gasteiger partial charge in [0.25, 0.3) is 0 Å². The molecule has 5 aromatic carbocycles. The molecule has 48 heavy (non-hydrogen) atoms. The Kier molecular flexibility index (Phi) is 8.75. The minimum absolute atomic E-state index is 0.378.